The zero-order valence-electron chi connectivity index (χ0n) is 27.9. The van der Waals surface area contributed by atoms with Gasteiger partial charge in [-0.3, -0.25) is 14.5 Å². The van der Waals surface area contributed by atoms with Crippen LogP contribution in [0.5, 0.6) is 0 Å². The van der Waals surface area contributed by atoms with Gasteiger partial charge in [0.05, 0.1) is 16.6 Å². The van der Waals surface area contributed by atoms with Crippen LogP contribution in [-0.4, -0.2) is 15.1 Å². The highest BCUT2D eigenvalue weighted by Crippen LogP contribution is 2.42. The van der Waals surface area contributed by atoms with Gasteiger partial charge in [-0.05, 0) is 36.8 Å². The van der Waals surface area contributed by atoms with Crippen LogP contribution in [0.2, 0.25) is 0 Å². The van der Waals surface area contributed by atoms with Crippen LogP contribution in [0.15, 0.2) is 155 Å². The van der Waals surface area contributed by atoms with E-state index in [0.717, 1.165) is 83.0 Å². The lowest BCUT2D eigenvalue weighted by molar-refractivity contribution is 0.402. The van der Waals surface area contributed by atoms with Crippen molar-refractivity contribution in [1.82, 2.24) is 19.8 Å². The van der Waals surface area contributed by atoms with Gasteiger partial charge in [0.15, 0.2) is 0 Å². The van der Waals surface area contributed by atoms with Crippen LogP contribution in [0, 0.1) is 0 Å². The number of furan rings is 1. The second-order valence-electron chi connectivity index (χ2n) is 13.0. The van der Waals surface area contributed by atoms with Crippen LogP contribution in [0.4, 0.5) is 5.82 Å². The van der Waals surface area contributed by atoms with Crippen molar-refractivity contribution in [2.75, 3.05) is 5.73 Å². The first-order chi connectivity index (χ1) is 25.2. The molecule has 0 radical (unpaired) electrons. The highest BCUT2D eigenvalue weighted by molar-refractivity contribution is 6.23. The molecule has 6 aromatic carbocycles. The highest BCUT2D eigenvalue weighted by atomic mass is 16.3. The summed E-state index contributed by atoms with van der Waals surface area (Å²) in [4.78, 5) is 5.44. The Hall–Kier alpha value is -6.57. The fourth-order valence-electron chi connectivity index (χ4n) is 7.89. The third-order valence-corrected chi connectivity index (χ3v) is 10.1. The van der Waals surface area contributed by atoms with Gasteiger partial charge in [-0.25, -0.2) is 4.99 Å². The largest absolute Gasteiger partial charge is 0.456 e. The van der Waals surface area contributed by atoms with Gasteiger partial charge in [0.2, 0.25) is 5.96 Å². The van der Waals surface area contributed by atoms with Crippen LogP contribution < -0.4 is 16.4 Å². The van der Waals surface area contributed by atoms with Crippen molar-refractivity contribution < 1.29 is 4.42 Å². The topological polar surface area (TPSA) is 85.4 Å². The number of aromatic nitrogens is 2. The lowest BCUT2D eigenvalue weighted by Gasteiger charge is -2.32. The number of fused-ring (bicyclic) bond motifs is 8. The van der Waals surface area contributed by atoms with Crippen LogP contribution in [0.1, 0.15) is 35.9 Å². The van der Waals surface area contributed by atoms with Crippen molar-refractivity contribution >= 4 is 72.5 Å². The van der Waals surface area contributed by atoms with Crippen molar-refractivity contribution in [2.24, 2.45) is 4.99 Å². The second-order valence-corrected chi connectivity index (χ2v) is 13.0. The molecule has 4 heterocycles. The van der Waals surface area contributed by atoms with Crippen molar-refractivity contribution in [3.63, 3.8) is 0 Å². The highest BCUT2D eigenvalue weighted by Gasteiger charge is 2.31. The fraction of sp³-hybridized carbons (Fsp3) is 0.0682. The minimum absolute atomic E-state index is 0.327. The SMILES string of the molecule is C/C=C\c1c(N)n(-c2ccccc2)c2c1ccc1c3ccccc3n(C3=NC(c4ccccc4)NC(c4cccc5c4oc4ccccc45)N3)c12. The van der Waals surface area contributed by atoms with Crippen LogP contribution in [0.25, 0.3) is 66.4 Å². The average molecular weight is 663 g/mol. The van der Waals surface area contributed by atoms with E-state index in [9.17, 15) is 0 Å². The van der Waals surface area contributed by atoms with Crippen LogP contribution >= 0.6 is 0 Å². The Bertz CT molecular complexity index is 2840. The predicted molar refractivity (Wildman–Crippen MR) is 210 cm³/mol. The van der Waals surface area contributed by atoms with E-state index in [-0.39, 0.29) is 12.3 Å². The second kappa shape index (κ2) is 11.5. The van der Waals surface area contributed by atoms with E-state index in [4.69, 9.17) is 15.1 Å². The number of nitrogens with one attached hydrogen (secondary N) is 2. The molecule has 0 saturated heterocycles. The molecule has 2 unspecified atom stereocenters. The molecule has 0 amide bonds. The van der Waals surface area contributed by atoms with Crippen molar-refractivity contribution in [3.8, 4) is 5.69 Å². The first kappa shape index (κ1) is 29.4. The van der Waals surface area contributed by atoms with Gasteiger partial charge in [-0.2, -0.15) is 0 Å². The number of nitrogens with two attached hydrogens (primary N) is 1. The molecule has 51 heavy (non-hydrogen) atoms. The predicted octanol–water partition coefficient (Wildman–Crippen LogP) is 10.0. The normalized spacial score (nSPS) is 16.5. The van der Waals surface area contributed by atoms with Crippen molar-refractivity contribution in [3.05, 3.63) is 162 Å². The summed E-state index contributed by atoms with van der Waals surface area (Å²) in [6.45, 7) is 2.03. The number of aliphatic imine (C=N–C) groups is 1. The molecular formula is C44H34N6O. The molecule has 0 saturated carbocycles. The number of nitrogens with zero attached hydrogens (tertiary/aromatic N) is 3. The Kier molecular flexibility index (Phi) is 6.62. The van der Waals surface area contributed by atoms with Gasteiger partial charge >= 0.3 is 0 Å². The first-order valence-electron chi connectivity index (χ1n) is 17.3. The third-order valence-electron chi connectivity index (χ3n) is 10.1. The Morgan fingerprint density at radius 3 is 2.18 bits per heavy atom. The Balaban J connectivity index is 1.28. The maximum Gasteiger partial charge on any atom is 0.206 e. The molecule has 246 valence electrons. The lowest BCUT2D eigenvalue weighted by Crippen LogP contribution is -2.47. The molecule has 0 aliphatic carbocycles. The number of nitrogen functional groups attached to an aromatic ring is 1. The number of benzene rings is 6. The zero-order chi connectivity index (χ0) is 34.1. The Morgan fingerprint density at radius 2 is 1.35 bits per heavy atom. The number of para-hydroxylation sites is 4. The molecule has 1 aliphatic rings. The van der Waals surface area contributed by atoms with Gasteiger partial charge in [-0.15, -0.1) is 0 Å². The molecule has 1 aliphatic heterocycles. The standard InChI is InChI=1S/C44H34N6O/c1-2-14-34-32-26-25-31-29-19-9-11-23-36(29)50(39(31)38(32)49(41(34)45)28-17-7-4-8-18-28)44-47-42(27-15-5-3-6-16-27)46-43(48-44)35-22-13-21-33-30-20-10-12-24-37(30)51-40(33)35/h2-26,42-43,46H,45H2,1H3,(H,47,48)/b14-2-. The third kappa shape index (κ3) is 4.45. The van der Waals surface area contributed by atoms with Gasteiger partial charge in [-0.1, -0.05) is 127 Å². The minimum atomic E-state index is -0.341. The summed E-state index contributed by atoms with van der Waals surface area (Å²) in [5.74, 6) is 1.42. The van der Waals surface area contributed by atoms with Crippen LogP contribution in [-0.2, 0) is 0 Å². The number of anilines is 1. The van der Waals surface area contributed by atoms with Gasteiger partial charge < -0.3 is 15.5 Å². The summed E-state index contributed by atoms with van der Waals surface area (Å²) in [5, 5.41) is 13.2. The maximum absolute atomic E-state index is 7.07. The number of allylic oxidation sites excluding steroid dienone is 1. The average Bonchev–Trinajstić information content (AvgIpc) is 3.83. The molecule has 9 aromatic rings. The van der Waals surface area contributed by atoms with Gasteiger partial charge in [0.25, 0.3) is 0 Å². The summed E-state index contributed by atoms with van der Waals surface area (Å²) in [5.41, 5.74) is 15.9. The summed E-state index contributed by atoms with van der Waals surface area (Å²) in [6, 6.07) is 48.3. The first-order valence-corrected chi connectivity index (χ1v) is 17.3. The Labute approximate surface area is 293 Å². The monoisotopic (exact) mass is 662 g/mol. The summed E-state index contributed by atoms with van der Waals surface area (Å²) < 4.78 is 11.0. The number of hydrogen-bond donors (Lipinski definition) is 3. The summed E-state index contributed by atoms with van der Waals surface area (Å²) in [7, 11) is 0. The van der Waals surface area contributed by atoms with E-state index in [1.165, 1.54) is 0 Å². The van der Waals surface area contributed by atoms with E-state index in [1.54, 1.807) is 0 Å². The Morgan fingerprint density at radius 1 is 0.667 bits per heavy atom. The van der Waals surface area contributed by atoms with Crippen molar-refractivity contribution in [2.45, 2.75) is 19.3 Å². The molecule has 7 nitrogen and oxygen atoms in total. The van der Waals surface area contributed by atoms with Crippen molar-refractivity contribution in [1.29, 1.82) is 0 Å². The quantitative estimate of drug-likeness (QED) is 0.175. The van der Waals surface area contributed by atoms with Crippen LogP contribution in [0.3, 0.4) is 0 Å². The molecule has 0 spiro atoms. The number of hydrogen-bond acceptors (Lipinski definition) is 5. The zero-order valence-corrected chi connectivity index (χ0v) is 27.9. The van der Waals surface area contributed by atoms with Gasteiger partial charge in [0.1, 0.15) is 29.3 Å². The number of rotatable bonds is 4. The minimum Gasteiger partial charge on any atom is -0.456 e. The molecule has 10 rings (SSSR count). The molecule has 4 N–H and O–H groups in total. The molecule has 3 aromatic heterocycles. The smallest absolute Gasteiger partial charge is 0.206 e. The molecule has 0 bridgehead atoms. The van der Waals surface area contributed by atoms with E-state index < -0.39 is 0 Å². The van der Waals surface area contributed by atoms with E-state index in [2.05, 4.69) is 141 Å². The lowest BCUT2D eigenvalue weighted by atomic mass is 10.1. The van der Waals surface area contributed by atoms with E-state index in [0.29, 0.717) is 5.82 Å². The molecule has 0 fully saturated rings. The fourth-order valence-corrected chi connectivity index (χ4v) is 7.89. The van der Waals surface area contributed by atoms with E-state index in [1.807, 2.05) is 37.3 Å². The molecular weight excluding hydrogens is 629 g/mol. The maximum atomic E-state index is 7.07. The molecule has 7 heteroatoms. The van der Waals surface area contributed by atoms with E-state index >= 15 is 0 Å². The summed E-state index contributed by atoms with van der Waals surface area (Å²) in [6.07, 6.45) is 3.48. The molecule has 2 atom stereocenters. The van der Waals surface area contributed by atoms with Gasteiger partial charge in [0, 0.05) is 43.7 Å². The summed E-state index contributed by atoms with van der Waals surface area (Å²) >= 11 is 0.